The lowest BCUT2D eigenvalue weighted by molar-refractivity contribution is 0.474. The molecule has 1 heterocycles. The topological polar surface area (TPSA) is 24.9 Å². The predicted molar refractivity (Wildman–Crippen MR) is 68.4 cm³/mol. The van der Waals surface area contributed by atoms with Gasteiger partial charge in [-0.25, -0.2) is 8.78 Å². The van der Waals surface area contributed by atoms with Crippen molar-refractivity contribution >= 4 is 11.3 Å². The largest absolute Gasteiger partial charge is 0.303 e. The van der Waals surface area contributed by atoms with Crippen LogP contribution in [-0.2, 0) is 0 Å². The van der Waals surface area contributed by atoms with Gasteiger partial charge >= 0.3 is 0 Å². The first-order valence-electron chi connectivity index (χ1n) is 5.67. The van der Waals surface area contributed by atoms with Crippen molar-refractivity contribution in [2.75, 3.05) is 0 Å². The number of aromatic nitrogens is 1. The van der Waals surface area contributed by atoms with E-state index in [0.717, 1.165) is 10.9 Å². The highest BCUT2D eigenvalue weighted by Gasteiger charge is 2.15. The summed E-state index contributed by atoms with van der Waals surface area (Å²) in [4.78, 5) is 5.09. The van der Waals surface area contributed by atoms with Gasteiger partial charge < -0.3 is 5.32 Å². The van der Waals surface area contributed by atoms with Crippen LogP contribution in [-0.4, -0.2) is 4.98 Å². The third kappa shape index (κ3) is 2.91. The molecule has 2 rings (SSSR count). The maximum atomic E-state index is 13.6. The molecule has 18 heavy (non-hydrogen) atoms. The molecule has 0 fully saturated rings. The standard InChI is InChI=1S/C13H14F2N2S/c1-8(11-4-3-10(14)5-12(11)15)17-9(2)13-6-16-7-18-13/h3-9,17H,1-2H3. The summed E-state index contributed by atoms with van der Waals surface area (Å²) in [6.45, 7) is 3.85. The number of benzene rings is 1. The molecule has 0 bridgehead atoms. The van der Waals surface area contributed by atoms with E-state index in [4.69, 9.17) is 0 Å². The normalized spacial score (nSPS) is 14.4. The van der Waals surface area contributed by atoms with Gasteiger partial charge in [-0.1, -0.05) is 6.07 Å². The van der Waals surface area contributed by atoms with Crippen molar-refractivity contribution in [3.63, 3.8) is 0 Å². The third-order valence-corrected chi connectivity index (χ3v) is 3.77. The molecule has 5 heteroatoms. The van der Waals surface area contributed by atoms with E-state index in [-0.39, 0.29) is 12.1 Å². The average molecular weight is 268 g/mol. The number of nitrogens with one attached hydrogen (secondary N) is 1. The molecule has 0 aliphatic heterocycles. The van der Waals surface area contributed by atoms with Crippen molar-refractivity contribution in [3.8, 4) is 0 Å². The predicted octanol–water partition coefficient (Wildman–Crippen LogP) is 3.83. The molecule has 0 spiro atoms. The van der Waals surface area contributed by atoms with Crippen LogP contribution in [0.15, 0.2) is 29.9 Å². The highest BCUT2D eigenvalue weighted by atomic mass is 32.1. The van der Waals surface area contributed by atoms with E-state index in [9.17, 15) is 8.78 Å². The highest BCUT2D eigenvalue weighted by molar-refractivity contribution is 7.09. The van der Waals surface area contributed by atoms with Crippen molar-refractivity contribution in [2.24, 2.45) is 0 Å². The van der Waals surface area contributed by atoms with Crippen molar-refractivity contribution in [3.05, 3.63) is 52.0 Å². The van der Waals surface area contributed by atoms with E-state index in [0.29, 0.717) is 5.56 Å². The van der Waals surface area contributed by atoms with Crippen LogP contribution in [0.25, 0.3) is 0 Å². The quantitative estimate of drug-likeness (QED) is 0.911. The van der Waals surface area contributed by atoms with E-state index < -0.39 is 11.6 Å². The summed E-state index contributed by atoms with van der Waals surface area (Å²) < 4.78 is 26.4. The number of thiazole rings is 1. The van der Waals surface area contributed by atoms with Crippen LogP contribution in [0.3, 0.4) is 0 Å². The first kappa shape index (κ1) is 13.1. The SMILES string of the molecule is CC(NC(C)c1ccc(F)cc1F)c1cncs1. The smallest absolute Gasteiger partial charge is 0.130 e. The Bertz CT molecular complexity index is 514. The fourth-order valence-corrected chi connectivity index (χ4v) is 2.48. The molecule has 0 saturated heterocycles. The van der Waals surface area contributed by atoms with Crippen LogP contribution in [0, 0.1) is 11.6 Å². The summed E-state index contributed by atoms with van der Waals surface area (Å²) in [5.41, 5.74) is 2.23. The number of nitrogens with zero attached hydrogens (tertiary/aromatic N) is 1. The molecular weight excluding hydrogens is 254 g/mol. The minimum Gasteiger partial charge on any atom is -0.303 e. The Labute approximate surface area is 109 Å². The maximum Gasteiger partial charge on any atom is 0.130 e. The molecular formula is C13H14F2N2S. The second kappa shape index (κ2) is 5.54. The molecule has 1 aromatic heterocycles. The minimum absolute atomic E-state index is 0.0805. The van der Waals surface area contributed by atoms with E-state index in [1.807, 2.05) is 13.8 Å². The maximum absolute atomic E-state index is 13.6. The summed E-state index contributed by atoms with van der Waals surface area (Å²) in [6.07, 6.45) is 1.79. The Morgan fingerprint density at radius 1 is 1.22 bits per heavy atom. The fourth-order valence-electron chi connectivity index (χ4n) is 1.84. The Balaban J connectivity index is 2.10. The zero-order chi connectivity index (χ0) is 13.1. The number of rotatable bonds is 4. The lowest BCUT2D eigenvalue weighted by Gasteiger charge is -2.19. The molecule has 0 aliphatic rings. The van der Waals surface area contributed by atoms with Crippen molar-refractivity contribution in [2.45, 2.75) is 25.9 Å². The first-order chi connectivity index (χ1) is 8.58. The van der Waals surface area contributed by atoms with Gasteiger partial charge in [0.1, 0.15) is 11.6 Å². The van der Waals surface area contributed by atoms with E-state index >= 15 is 0 Å². The lowest BCUT2D eigenvalue weighted by atomic mass is 10.1. The van der Waals surface area contributed by atoms with Crippen LogP contribution >= 0.6 is 11.3 Å². The van der Waals surface area contributed by atoms with Crippen LogP contribution in [0.4, 0.5) is 8.78 Å². The van der Waals surface area contributed by atoms with Crippen LogP contribution in [0.5, 0.6) is 0 Å². The Morgan fingerprint density at radius 2 is 2.00 bits per heavy atom. The van der Waals surface area contributed by atoms with E-state index in [1.54, 1.807) is 23.0 Å². The summed E-state index contributed by atoms with van der Waals surface area (Å²) in [5.74, 6) is -1.08. The summed E-state index contributed by atoms with van der Waals surface area (Å²) in [5, 5.41) is 3.27. The molecule has 2 atom stereocenters. The molecule has 0 aliphatic carbocycles. The molecule has 0 amide bonds. The zero-order valence-corrected chi connectivity index (χ0v) is 11.0. The number of hydrogen-bond acceptors (Lipinski definition) is 3. The molecule has 96 valence electrons. The fraction of sp³-hybridized carbons (Fsp3) is 0.308. The van der Waals surface area contributed by atoms with Crippen molar-refractivity contribution < 1.29 is 8.78 Å². The number of halogens is 2. The van der Waals surface area contributed by atoms with E-state index in [1.165, 1.54) is 12.1 Å². The minimum atomic E-state index is -0.557. The lowest BCUT2D eigenvalue weighted by Crippen LogP contribution is -2.22. The first-order valence-corrected chi connectivity index (χ1v) is 6.55. The van der Waals surface area contributed by atoms with Crippen LogP contribution in [0.2, 0.25) is 0 Å². The summed E-state index contributed by atoms with van der Waals surface area (Å²) >= 11 is 1.55. The van der Waals surface area contributed by atoms with Gasteiger partial charge in [-0.15, -0.1) is 11.3 Å². The average Bonchev–Trinajstić information content (AvgIpc) is 2.81. The molecule has 0 radical (unpaired) electrons. The van der Waals surface area contributed by atoms with Gasteiger partial charge in [-0.05, 0) is 19.9 Å². The second-order valence-electron chi connectivity index (χ2n) is 4.18. The molecule has 0 saturated carbocycles. The van der Waals surface area contributed by atoms with E-state index in [2.05, 4.69) is 10.3 Å². The van der Waals surface area contributed by atoms with Gasteiger partial charge in [-0.3, -0.25) is 4.98 Å². The monoisotopic (exact) mass is 268 g/mol. The number of hydrogen-bond donors (Lipinski definition) is 1. The third-order valence-electron chi connectivity index (χ3n) is 2.81. The Kier molecular flexibility index (Phi) is 4.04. The van der Waals surface area contributed by atoms with Gasteiger partial charge in [0.25, 0.3) is 0 Å². The van der Waals surface area contributed by atoms with Crippen LogP contribution in [0.1, 0.15) is 36.4 Å². The van der Waals surface area contributed by atoms with Gasteiger partial charge in [-0.2, -0.15) is 0 Å². The van der Waals surface area contributed by atoms with Gasteiger partial charge in [0.2, 0.25) is 0 Å². The van der Waals surface area contributed by atoms with Gasteiger partial charge in [0.15, 0.2) is 0 Å². The molecule has 2 aromatic rings. The molecule has 2 nitrogen and oxygen atoms in total. The summed E-state index contributed by atoms with van der Waals surface area (Å²) in [7, 11) is 0. The van der Waals surface area contributed by atoms with Crippen molar-refractivity contribution in [1.29, 1.82) is 0 Å². The summed E-state index contributed by atoms with van der Waals surface area (Å²) in [6, 6.07) is 3.54. The van der Waals surface area contributed by atoms with Crippen molar-refractivity contribution in [1.82, 2.24) is 10.3 Å². The van der Waals surface area contributed by atoms with Crippen LogP contribution < -0.4 is 5.32 Å². The second-order valence-corrected chi connectivity index (χ2v) is 5.10. The molecule has 1 aromatic carbocycles. The Hall–Kier alpha value is -1.33. The zero-order valence-electron chi connectivity index (χ0n) is 10.2. The molecule has 1 N–H and O–H groups in total. The molecule has 2 unspecified atom stereocenters. The van der Waals surface area contributed by atoms with Gasteiger partial charge in [0.05, 0.1) is 5.51 Å². The Morgan fingerprint density at radius 3 is 2.61 bits per heavy atom. The highest BCUT2D eigenvalue weighted by Crippen LogP contribution is 2.23. The van der Waals surface area contributed by atoms with Gasteiger partial charge in [0, 0.05) is 34.8 Å².